The Morgan fingerprint density at radius 2 is 1.89 bits per heavy atom. The van der Waals surface area contributed by atoms with E-state index in [1.54, 1.807) is 12.1 Å². The van der Waals surface area contributed by atoms with Crippen LogP contribution in [0.4, 0.5) is 5.69 Å². The molecule has 4 nitrogen and oxygen atoms in total. The zero-order chi connectivity index (χ0) is 14.0. The van der Waals surface area contributed by atoms with E-state index in [0.29, 0.717) is 15.6 Å². The van der Waals surface area contributed by atoms with Gasteiger partial charge >= 0.3 is 5.97 Å². The lowest BCUT2D eigenvalue weighted by Crippen LogP contribution is -2.10. The number of amides is 1. The van der Waals surface area contributed by atoms with Gasteiger partial charge in [0.2, 0.25) is 0 Å². The third-order valence-electron chi connectivity index (χ3n) is 2.41. The zero-order valence-corrected chi connectivity index (χ0v) is 11.5. The van der Waals surface area contributed by atoms with Crippen LogP contribution in [0.5, 0.6) is 0 Å². The molecule has 1 aromatic heterocycles. The fraction of sp³-hybridized carbons (Fsp3) is 0.0769. The maximum Gasteiger partial charge on any atom is 0.345 e. The summed E-state index contributed by atoms with van der Waals surface area (Å²) in [6.45, 7) is 1.90. The van der Waals surface area contributed by atoms with E-state index in [1.807, 2.05) is 13.0 Å². The number of carboxylic acid groups (broad SMARTS) is 1. The molecular weight excluding hydrogens is 286 g/mol. The van der Waals surface area contributed by atoms with Crippen LogP contribution < -0.4 is 5.32 Å². The average Bonchev–Trinajstić information content (AvgIpc) is 2.82. The van der Waals surface area contributed by atoms with Crippen molar-refractivity contribution in [3.05, 3.63) is 50.7 Å². The van der Waals surface area contributed by atoms with Crippen LogP contribution in [0.1, 0.15) is 24.9 Å². The van der Waals surface area contributed by atoms with Gasteiger partial charge in [-0.05, 0) is 36.8 Å². The van der Waals surface area contributed by atoms with Gasteiger partial charge in [-0.15, -0.1) is 11.3 Å². The van der Waals surface area contributed by atoms with Gasteiger partial charge in [-0.1, -0.05) is 17.7 Å². The largest absolute Gasteiger partial charge is 0.477 e. The molecule has 0 bridgehead atoms. The first-order valence-electron chi connectivity index (χ1n) is 5.38. The van der Waals surface area contributed by atoms with Crippen molar-refractivity contribution in [1.29, 1.82) is 0 Å². The number of carbonyl (C=O) groups is 2. The van der Waals surface area contributed by atoms with E-state index in [1.165, 1.54) is 12.1 Å². The summed E-state index contributed by atoms with van der Waals surface area (Å²) < 4.78 is 0. The van der Waals surface area contributed by atoms with E-state index in [-0.39, 0.29) is 10.8 Å². The SMILES string of the molecule is Cc1ccc(NC(=O)c2ccc(C(=O)O)s2)c(Cl)c1. The average molecular weight is 296 g/mol. The number of aromatic carboxylic acids is 1. The number of carbonyl (C=O) groups excluding carboxylic acids is 1. The van der Waals surface area contributed by atoms with Crippen LogP contribution in [0.25, 0.3) is 0 Å². The highest BCUT2D eigenvalue weighted by molar-refractivity contribution is 7.16. The number of anilines is 1. The monoisotopic (exact) mass is 295 g/mol. The van der Waals surface area contributed by atoms with Crippen molar-refractivity contribution in [1.82, 2.24) is 0 Å². The van der Waals surface area contributed by atoms with Gasteiger partial charge in [0.1, 0.15) is 4.88 Å². The highest BCUT2D eigenvalue weighted by Gasteiger charge is 2.14. The maximum absolute atomic E-state index is 11.9. The second-order valence-corrected chi connectivity index (χ2v) is 5.40. The van der Waals surface area contributed by atoms with E-state index in [0.717, 1.165) is 16.9 Å². The normalized spacial score (nSPS) is 10.2. The van der Waals surface area contributed by atoms with Crippen LogP contribution in [0.15, 0.2) is 30.3 Å². The van der Waals surface area contributed by atoms with Crippen molar-refractivity contribution < 1.29 is 14.7 Å². The first-order chi connectivity index (χ1) is 8.97. The lowest BCUT2D eigenvalue weighted by atomic mass is 10.2. The summed E-state index contributed by atoms with van der Waals surface area (Å²) >= 11 is 6.93. The molecule has 0 saturated carbocycles. The second kappa shape index (κ2) is 5.42. The van der Waals surface area contributed by atoms with Gasteiger partial charge in [0, 0.05) is 0 Å². The van der Waals surface area contributed by atoms with E-state index < -0.39 is 5.97 Å². The van der Waals surface area contributed by atoms with E-state index >= 15 is 0 Å². The Morgan fingerprint density at radius 1 is 1.21 bits per heavy atom. The van der Waals surface area contributed by atoms with E-state index in [2.05, 4.69) is 5.32 Å². The Bertz CT molecular complexity index is 651. The van der Waals surface area contributed by atoms with Crippen molar-refractivity contribution in [2.45, 2.75) is 6.92 Å². The number of halogens is 1. The molecule has 98 valence electrons. The minimum absolute atomic E-state index is 0.125. The lowest BCUT2D eigenvalue weighted by Gasteiger charge is -2.06. The number of rotatable bonds is 3. The van der Waals surface area contributed by atoms with Crippen LogP contribution in [-0.4, -0.2) is 17.0 Å². The summed E-state index contributed by atoms with van der Waals surface area (Å²) in [7, 11) is 0. The van der Waals surface area contributed by atoms with Crippen LogP contribution in [-0.2, 0) is 0 Å². The van der Waals surface area contributed by atoms with Crippen LogP contribution in [0.3, 0.4) is 0 Å². The highest BCUT2D eigenvalue weighted by Crippen LogP contribution is 2.24. The van der Waals surface area contributed by atoms with Crippen molar-refractivity contribution in [2.75, 3.05) is 5.32 Å². The minimum atomic E-state index is -1.04. The first-order valence-corrected chi connectivity index (χ1v) is 6.57. The van der Waals surface area contributed by atoms with Gasteiger partial charge in [-0.2, -0.15) is 0 Å². The van der Waals surface area contributed by atoms with Crippen molar-refractivity contribution in [3.8, 4) is 0 Å². The van der Waals surface area contributed by atoms with Crippen LogP contribution >= 0.6 is 22.9 Å². The first kappa shape index (κ1) is 13.6. The fourth-order valence-electron chi connectivity index (χ4n) is 1.48. The second-order valence-electron chi connectivity index (χ2n) is 3.91. The van der Waals surface area contributed by atoms with Crippen LogP contribution in [0, 0.1) is 6.92 Å². The molecule has 0 fully saturated rings. The Balaban J connectivity index is 2.18. The van der Waals surface area contributed by atoms with Gasteiger partial charge in [0.15, 0.2) is 0 Å². The fourth-order valence-corrected chi connectivity index (χ4v) is 2.50. The molecule has 2 rings (SSSR count). The third kappa shape index (κ3) is 3.13. The molecule has 0 aliphatic carbocycles. The summed E-state index contributed by atoms with van der Waals surface area (Å²) in [4.78, 5) is 23.1. The Kier molecular flexibility index (Phi) is 3.87. The summed E-state index contributed by atoms with van der Waals surface area (Å²) in [5.74, 6) is -1.42. The lowest BCUT2D eigenvalue weighted by molar-refractivity contribution is 0.0702. The molecule has 0 atom stereocenters. The molecular formula is C13H10ClNO3S. The molecule has 0 aliphatic rings. The molecule has 0 spiro atoms. The Morgan fingerprint density at radius 3 is 2.47 bits per heavy atom. The molecule has 0 unspecified atom stereocenters. The maximum atomic E-state index is 11.9. The summed E-state index contributed by atoms with van der Waals surface area (Å²) in [6.07, 6.45) is 0. The Hall–Kier alpha value is -1.85. The van der Waals surface area contributed by atoms with Gasteiger partial charge in [-0.25, -0.2) is 4.79 Å². The van der Waals surface area contributed by atoms with Crippen LogP contribution in [0.2, 0.25) is 5.02 Å². The molecule has 6 heteroatoms. The molecule has 2 aromatic rings. The number of hydrogen-bond donors (Lipinski definition) is 2. The predicted molar refractivity (Wildman–Crippen MR) is 75.4 cm³/mol. The highest BCUT2D eigenvalue weighted by atomic mass is 35.5. The van der Waals surface area contributed by atoms with Gasteiger partial charge in [0.05, 0.1) is 15.6 Å². The molecule has 1 amide bonds. The van der Waals surface area contributed by atoms with Crippen molar-refractivity contribution in [3.63, 3.8) is 0 Å². The standard InChI is InChI=1S/C13H10ClNO3S/c1-7-2-3-9(8(14)6-7)15-12(16)10-4-5-11(19-10)13(17)18/h2-6H,1H3,(H,15,16)(H,17,18). The molecule has 1 aromatic carbocycles. The summed E-state index contributed by atoms with van der Waals surface area (Å²) in [5.41, 5.74) is 1.50. The Labute approximate surface area is 118 Å². The van der Waals surface area contributed by atoms with Gasteiger partial charge < -0.3 is 10.4 Å². The smallest absolute Gasteiger partial charge is 0.345 e. The zero-order valence-electron chi connectivity index (χ0n) is 9.94. The number of benzene rings is 1. The number of carboxylic acids is 1. The van der Waals surface area contributed by atoms with Crippen molar-refractivity contribution >= 4 is 40.5 Å². The molecule has 1 heterocycles. The number of hydrogen-bond acceptors (Lipinski definition) is 3. The third-order valence-corrected chi connectivity index (χ3v) is 3.80. The molecule has 2 N–H and O–H groups in total. The van der Waals surface area contributed by atoms with E-state index in [4.69, 9.17) is 16.7 Å². The number of aryl methyl sites for hydroxylation is 1. The molecule has 19 heavy (non-hydrogen) atoms. The molecule has 0 saturated heterocycles. The topological polar surface area (TPSA) is 66.4 Å². The quantitative estimate of drug-likeness (QED) is 0.908. The number of thiophene rings is 1. The summed E-state index contributed by atoms with van der Waals surface area (Å²) in [6, 6.07) is 8.17. The van der Waals surface area contributed by atoms with Gasteiger partial charge in [-0.3, -0.25) is 4.79 Å². The number of nitrogens with one attached hydrogen (secondary N) is 1. The minimum Gasteiger partial charge on any atom is -0.477 e. The van der Waals surface area contributed by atoms with E-state index in [9.17, 15) is 9.59 Å². The van der Waals surface area contributed by atoms with Crippen molar-refractivity contribution in [2.24, 2.45) is 0 Å². The molecule has 0 radical (unpaired) electrons. The van der Waals surface area contributed by atoms with Gasteiger partial charge in [0.25, 0.3) is 5.91 Å². The molecule has 0 aliphatic heterocycles. The predicted octanol–water partition coefficient (Wildman–Crippen LogP) is 3.66. The summed E-state index contributed by atoms with van der Waals surface area (Å²) in [5, 5.41) is 11.9.